The highest BCUT2D eigenvalue weighted by Gasteiger charge is 2.03. The van der Waals surface area contributed by atoms with Crippen LogP contribution < -0.4 is 0 Å². The molecule has 2 nitrogen and oxygen atoms in total. The number of allylic oxidation sites excluding steroid dienone is 1. The predicted octanol–water partition coefficient (Wildman–Crippen LogP) is 5.87. The van der Waals surface area contributed by atoms with Gasteiger partial charge in [0.15, 0.2) is 0 Å². The van der Waals surface area contributed by atoms with E-state index in [-0.39, 0.29) is 5.82 Å². The molecular weight excluding hydrogens is 382 g/mol. The Balaban J connectivity index is 0.000000176. The second-order valence-electron chi connectivity index (χ2n) is 7.29. The predicted molar refractivity (Wildman–Crippen MR) is 130 cm³/mol. The molecule has 4 aromatic rings. The number of rotatable bonds is 6. The first-order valence-corrected chi connectivity index (χ1v) is 10.8. The fourth-order valence-corrected chi connectivity index (χ4v) is 3.45. The molecule has 0 saturated carbocycles. The molecule has 0 amide bonds. The lowest BCUT2D eigenvalue weighted by Gasteiger charge is -2.07. The van der Waals surface area contributed by atoms with E-state index in [1.807, 2.05) is 13.0 Å². The normalized spacial score (nSPS) is 10.1. The first kappa shape index (κ1) is 22.3. The highest BCUT2D eigenvalue weighted by atomic mass is 19.1. The van der Waals surface area contributed by atoms with Crippen molar-refractivity contribution in [2.45, 2.75) is 26.1 Å². The lowest BCUT2D eigenvalue weighted by molar-refractivity contribution is 0.623. The molecular formula is C27H28BFN2. The van der Waals surface area contributed by atoms with Crippen LogP contribution in [0.25, 0.3) is 5.57 Å². The number of nitrogens with zero attached hydrogens (tertiary/aromatic N) is 1. The molecule has 1 heterocycles. The van der Waals surface area contributed by atoms with Gasteiger partial charge in [0.05, 0.1) is 0 Å². The molecule has 31 heavy (non-hydrogen) atoms. The van der Waals surface area contributed by atoms with Gasteiger partial charge < -0.3 is 4.98 Å². The van der Waals surface area contributed by atoms with Gasteiger partial charge in [-0.2, -0.15) is 0 Å². The maximum absolute atomic E-state index is 13.2. The molecule has 0 aliphatic rings. The van der Waals surface area contributed by atoms with Crippen LogP contribution in [0.5, 0.6) is 0 Å². The highest BCUT2D eigenvalue weighted by Crippen LogP contribution is 2.23. The van der Waals surface area contributed by atoms with E-state index in [9.17, 15) is 4.39 Å². The van der Waals surface area contributed by atoms with E-state index in [4.69, 9.17) is 0 Å². The Kier molecular flexibility index (Phi) is 8.42. The van der Waals surface area contributed by atoms with Gasteiger partial charge in [-0.1, -0.05) is 86.0 Å². The standard InChI is InChI=1S/C15H15B.C12H13FN2/c16-12-11-15(13-7-3-1-4-8-13)14-9-5-2-6-10-14;1-2-9-5-10(7-11(13)6-9)8-12-14-3-4-15-12/h1-11H,12,16H2;3-7H,2,8H2,1H3,(H,14,15). The zero-order valence-electron chi connectivity index (χ0n) is 18.2. The quantitative estimate of drug-likeness (QED) is 0.396. The molecule has 0 fully saturated rings. The first-order chi connectivity index (χ1) is 15.2. The van der Waals surface area contributed by atoms with Crippen LogP contribution in [-0.4, -0.2) is 17.8 Å². The molecule has 0 unspecified atom stereocenters. The highest BCUT2D eigenvalue weighted by molar-refractivity contribution is 6.10. The summed E-state index contributed by atoms with van der Waals surface area (Å²) in [6.45, 7) is 2.02. The van der Waals surface area contributed by atoms with Crippen LogP contribution in [0.2, 0.25) is 6.32 Å². The fourth-order valence-electron chi connectivity index (χ4n) is 3.45. The zero-order valence-corrected chi connectivity index (χ0v) is 18.2. The second kappa shape index (κ2) is 11.7. The van der Waals surface area contributed by atoms with Crippen molar-refractivity contribution < 1.29 is 4.39 Å². The Morgan fingerprint density at radius 1 is 0.935 bits per heavy atom. The molecule has 4 rings (SSSR count). The largest absolute Gasteiger partial charge is 0.348 e. The monoisotopic (exact) mass is 410 g/mol. The summed E-state index contributed by atoms with van der Waals surface area (Å²) in [5, 5.41) is 0. The van der Waals surface area contributed by atoms with E-state index in [0.717, 1.165) is 29.7 Å². The minimum Gasteiger partial charge on any atom is -0.348 e. The van der Waals surface area contributed by atoms with Crippen molar-refractivity contribution in [2.75, 3.05) is 0 Å². The number of hydrogen-bond donors (Lipinski definition) is 1. The van der Waals surface area contributed by atoms with E-state index in [0.29, 0.717) is 6.42 Å². The lowest BCUT2D eigenvalue weighted by Crippen LogP contribution is -1.94. The molecule has 0 aliphatic heterocycles. The van der Waals surface area contributed by atoms with Crippen molar-refractivity contribution in [2.24, 2.45) is 0 Å². The number of benzene rings is 3. The number of halogens is 1. The first-order valence-electron chi connectivity index (χ1n) is 10.8. The summed E-state index contributed by atoms with van der Waals surface area (Å²) in [5.41, 5.74) is 5.88. The maximum atomic E-state index is 13.2. The Labute approximate surface area is 185 Å². The summed E-state index contributed by atoms with van der Waals surface area (Å²) in [7, 11) is 2.17. The number of H-pyrrole nitrogens is 1. The lowest BCUT2D eigenvalue weighted by atomic mass is 9.93. The van der Waals surface area contributed by atoms with Gasteiger partial charge >= 0.3 is 0 Å². The van der Waals surface area contributed by atoms with Crippen LogP contribution in [0.15, 0.2) is 97.3 Å². The van der Waals surface area contributed by atoms with E-state index in [1.165, 1.54) is 16.7 Å². The second-order valence-corrected chi connectivity index (χ2v) is 7.29. The maximum Gasteiger partial charge on any atom is 0.123 e. The average Bonchev–Trinajstić information content (AvgIpc) is 3.31. The van der Waals surface area contributed by atoms with Crippen molar-refractivity contribution in [3.05, 3.63) is 131 Å². The van der Waals surface area contributed by atoms with Crippen LogP contribution in [-0.2, 0) is 12.8 Å². The molecule has 3 aromatic carbocycles. The fraction of sp³-hybridized carbons (Fsp3) is 0.148. The third-order valence-electron chi connectivity index (χ3n) is 4.93. The minimum absolute atomic E-state index is 0.170. The van der Waals surface area contributed by atoms with Gasteiger partial charge in [-0.3, -0.25) is 0 Å². The number of aryl methyl sites for hydroxylation is 1. The van der Waals surface area contributed by atoms with Gasteiger partial charge in [-0.25, -0.2) is 9.37 Å². The van der Waals surface area contributed by atoms with E-state index >= 15 is 0 Å². The summed E-state index contributed by atoms with van der Waals surface area (Å²) in [6, 6.07) is 26.2. The number of hydrogen-bond acceptors (Lipinski definition) is 1. The third kappa shape index (κ3) is 6.82. The minimum atomic E-state index is -0.170. The number of aromatic nitrogens is 2. The van der Waals surface area contributed by atoms with Crippen molar-refractivity contribution in [1.82, 2.24) is 9.97 Å². The molecule has 1 N–H and O–H groups in total. The van der Waals surface area contributed by atoms with Gasteiger partial charge in [0.2, 0.25) is 0 Å². The van der Waals surface area contributed by atoms with Gasteiger partial charge in [-0.05, 0) is 46.4 Å². The van der Waals surface area contributed by atoms with Crippen molar-refractivity contribution in [3.63, 3.8) is 0 Å². The Hall–Kier alpha value is -3.40. The van der Waals surface area contributed by atoms with Crippen LogP contribution in [0.3, 0.4) is 0 Å². The Bertz CT molecular complexity index is 1030. The Morgan fingerprint density at radius 3 is 2.06 bits per heavy atom. The van der Waals surface area contributed by atoms with Crippen LogP contribution in [0.4, 0.5) is 4.39 Å². The van der Waals surface area contributed by atoms with Gasteiger partial charge in [0, 0.05) is 18.8 Å². The average molecular weight is 410 g/mol. The molecule has 156 valence electrons. The number of aromatic amines is 1. The Morgan fingerprint density at radius 2 is 1.55 bits per heavy atom. The summed E-state index contributed by atoms with van der Waals surface area (Å²) in [6.07, 6.45) is 8.31. The SMILES string of the molecule is BCC=C(c1ccccc1)c1ccccc1.CCc1cc(F)cc(Cc2ncc[nH]2)c1. The van der Waals surface area contributed by atoms with Crippen LogP contribution >= 0.6 is 0 Å². The van der Waals surface area contributed by atoms with Gasteiger partial charge in [0.25, 0.3) is 0 Å². The van der Waals surface area contributed by atoms with Crippen molar-refractivity contribution >= 4 is 13.4 Å². The van der Waals surface area contributed by atoms with Crippen LogP contribution in [0.1, 0.15) is 35.0 Å². The topological polar surface area (TPSA) is 28.7 Å². The van der Waals surface area contributed by atoms with Gasteiger partial charge in [0.1, 0.15) is 19.5 Å². The molecule has 0 saturated heterocycles. The van der Waals surface area contributed by atoms with Crippen LogP contribution in [0, 0.1) is 5.82 Å². The van der Waals surface area contributed by atoms with Crippen molar-refractivity contribution in [3.8, 4) is 0 Å². The molecule has 0 aliphatic carbocycles. The zero-order chi connectivity index (χ0) is 21.9. The van der Waals surface area contributed by atoms with Crippen molar-refractivity contribution in [1.29, 1.82) is 0 Å². The summed E-state index contributed by atoms with van der Waals surface area (Å²) < 4.78 is 13.2. The smallest absolute Gasteiger partial charge is 0.123 e. The summed E-state index contributed by atoms with van der Waals surface area (Å²) in [5.74, 6) is 0.693. The molecule has 1 aromatic heterocycles. The molecule has 0 bridgehead atoms. The third-order valence-corrected chi connectivity index (χ3v) is 4.93. The molecule has 4 heteroatoms. The molecule has 0 atom stereocenters. The van der Waals surface area contributed by atoms with E-state index < -0.39 is 0 Å². The number of imidazole rings is 1. The van der Waals surface area contributed by atoms with Gasteiger partial charge in [-0.15, -0.1) is 0 Å². The summed E-state index contributed by atoms with van der Waals surface area (Å²) >= 11 is 0. The van der Waals surface area contributed by atoms with E-state index in [2.05, 4.69) is 84.6 Å². The molecule has 0 radical (unpaired) electrons. The van der Waals surface area contributed by atoms with E-state index in [1.54, 1.807) is 24.5 Å². The number of nitrogens with one attached hydrogen (secondary N) is 1. The summed E-state index contributed by atoms with van der Waals surface area (Å²) in [4.78, 5) is 7.13. The molecule has 0 spiro atoms.